The fourth-order valence-electron chi connectivity index (χ4n) is 4.06. The summed E-state index contributed by atoms with van der Waals surface area (Å²) in [6.07, 6.45) is 0. The van der Waals surface area contributed by atoms with E-state index in [1.54, 1.807) is 17.0 Å². The molecule has 0 spiro atoms. The molecule has 4 heterocycles. The lowest BCUT2D eigenvalue weighted by atomic mass is 10.1. The van der Waals surface area contributed by atoms with Gasteiger partial charge in [-0.05, 0) is 51.0 Å². The summed E-state index contributed by atoms with van der Waals surface area (Å²) < 4.78 is 0. The number of hydrogen-bond donors (Lipinski definition) is 1. The third-order valence-electron chi connectivity index (χ3n) is 5.93. The van der Waals surface area contributed by atoms with Crippen LogP contribution < -0.4 is 15.1 Å². The van der Waals surface area contributed by atoms with Crippen LogP contribution in [0, 0.1) is 27.7 Å². The SMILES string of the molecule is Cc1cc(C)c(N2CCN(C(=O)c3ccc(N4CCNC4=O)nc3C)CC2)nc1C. The maximum Gasteiger partial charge on any atom is 0.323 e. The molecule has 0 radical (unpaired) electrons. The Kier molecular flexibility index (Phi) is 5.32. The third kappa shape index (κ3) is 3.69. The molecule has 2 aromatic heterocycles. The highest BCUT2D eigenvalue weighted by Crippen LogP contribution is 2.23. The van der Waals surface area contributed by atoms with Gasteiger partial charge in [-0.15, -0.1) is 0 Å². The molecule has 158 valence electrons. The van der Waals surface area contributed by atoms with Gasteiger partial charge in [0.1, 0.15) is 11.6 Å². The van der Waals surface area contributed by atoms with Crippen molar-refractivity contribution >= 4 is 23.6 Å². The molecule has 0 saturated carbocycles. The summed E-state index contributed by atoms with van der Waals surface area (Å²) in [6.45, 7) is 12.0. The third-order valence-corrected chi connectivity index (χ3v) is 5.93. The molecule has 2 aromatic rings. The van der Waals surface area contributed by atoms with Crippen molar-refractivity contribution in [1.29, 1.82) is 0 Å². The lowest BCUT2D eigenvalue weighted by molar-refractivity contribution is 0.0745. The summed E-state index contributed by atoms with van der Waals surface area (Å²) in [5, 5.41) is 2.77. The van der Waals surface area contributed by atoms with Gasteiger partial charge in [0.2, 0.25) is 0 Å². The van der Waals surface area contributed by atoms with Crippen molar-refractivity contribution in [2.75, 3.05) is 49.1 Å². The highest BCUT2D eigenvalue weighted by atomic mass is 16.2. The second-order valence-electron chi connectivity index (χ2n) is 8.00. The zero-order valence-electron chi connectivity index (χ0n) is 18.0. The molecule has 0 bridgehead atoms. The van der Waals surface area contributed by atoms with Gasteiger partial charge in [0, 0.05) is 45.0 Å². The second kappa shape index (κ2) is 7.93. The summed E-state index contributed by atoms with van der Waals surface area (Å²) in [6, 6.07) is 5.57. The number of aromatic nitrogens is 2. The van der Waals surface area contributed by atoms with E-state index in [0.29, 0.717) is 43.3 Å². The standard InChI is InChI=1S/C22H28N6O2/c1-14-13-15(2)20(25-16(14)3)26-9-11-27(12-10-26)21(29)18-5-6-19(24-17(18)4)28-8-7-23-22(28)30/h5-6,13H,7-12H2,1-4H3,(H,23,30). The van der Waals surface area contributed by atoms with Crippen LogP contribution in [0.1, 0.15) is 32.9 Å². The smallest absolute Gasteiger partial charge is 0.323 e. The Morgan fingerprint density at radius 1 is 0.933 bits per heavy atom. The van der Waals surface area contributed by atoms with E-state index in [1.807, 2.05) is 18.7 Å². The van der Waals surface area contributed by atoms with Crippen LogP contribution in [0.2, 0.25) is 0 Å². The quantitative estimate of drug-likeness (QED) is 0.842. The zero-order chi connectivity index (χ0) is 21.4. The molecule has 0 unspecified atom stereocenters. The summed E-state index contributed by atoms with van der Waals surface area (Å²) in [5.74, 6) is 1.58. The minimum atomic E-state index is -0.146. The number of pyridine rings is 2. The molecule has 1 N–H and O–H groups in total. The van der Waals surface area contributed by atoms with Crippen molar-refractivity contribution in [2.24, 2.45) is 0 Å². The average Bonchev–Trinajstić information content (AvgIpc) is 3.16. The molecule has 3 amide bonds. The molecular weight excluding hydrogens is 380 g/mol. The topological polar surface area (TPSA) is 81.7 Å². The highest BCUT2D eigenvalue weighted by molar-refractivity contribution is 5.97. The van der Waals surface area contributed by atoms with Crippen LogP contribution in [0.4, 0.5) is 16.4 Å². The van der Waals surface area contributed by atoms with Crippen molar-refractivity contribution in [2.45, 2.75) is 27.7 Å². The fourth-order valence-corrected chi connectivity index (χ4v) is 4.06. The summed E-state index contributed by atoms with van der Waals surface area (Å²) in [4.78, 5) is 39.9. The van der Waals surface area contributed by atoms with E-state index in [0.717, 1.165) is 24.6 Å². The minimum Gasteiger partial charge on any atom is -0.353 e. The summed E-state index contributed by atoms with van der Waals surface area (Å²) in [7, 11) is 0. The van der Waals surface area contributed by atoms with E-state index in [4.69, 9.17) is 4.98 Å². The highest BCUT2D eigenvalue weighted by Gasteiger charge is 2.27. The molecule has 0 aromatic carbocycles. The Morgan fingerprint density at radius 2 is 1.67 bits per heavy atom. The number of carbonyl (C=O) groups excluding carboxylic acids is 2. The summed E-state index contributed by atoms with van der Waals surface area (Å²) in [5.41, 5.74) is 4.64. The number of carbonyl (C=O) groups is 2. The molecule has 4 rings (SSSR count). The van der Waals surface area contributed by atoms with Crippen molar-refractivity contribution in [3.05, 3.63) is 46.3 Å². The van der Waals surface area contributed by atoms with Crippen LogP contribution in [0.5, 0.6) is 0 Å². The Bertz CT molecular complexity index is 997. The van der Waals surface area contributed by atoms with Gasteiger partial charge in [0.25, 0.3) is 5.91 Å². The average molecular weight is 409 g/mol. The van der Waals surface area contributed by atoms with Crippen LogP contribution in [0.3, 0.4) is 0 Å². The fraction of sp³-hybridized carbons (Fsp3) is 0.455. The molecule has 2 aliphatic heterocycles. The zero-order valence-corrected chi connectivity index (χ0v) is 18.0. The predicted molar refractivity (Wildman–Crippen MR) is 116 cm³/mol. The molecule has 2 saturated heterocycles. The first-order valence-electron chi connectivity index (χ1n) is 10.4. The number of hydrogen-bond acceptors (Lipinski definition) is 5. The van der Waals surface area contributed by atoms with Gasteiger partial charge in [-0.1, -0.05) is 6.07 Å². The predicted octanol–water partition coefficient (Wildman–Crippen LogP) is 2.20. The van der Waals surface area contributed by atoms with Crippen LogP contribution in [-0.2, 0) is 0 Å². The van der Waals surface area contributed by atoms with E-state index in [2.05, 4.69) is 35.1 Å². The van der Waals surface area contributed by atoms with Gasteiger partial charge in [-0.25, -0.2) is 14.8 Å². The van der Waals surface area contributed by atoms with E-state index < -0.39 is 0 Å². The Hall–Kier alpha value is -3.16. The Labute approximate surface area is 176 Å². The number of nitrogens with zero attached hydrogens (tertiary/aromatic N) is 5. The first kappa shape index (κ1) is 20.1. The molecule has 2 fully saturated rings. The maximum atomic E-state index is 13.1. The number of rotatable bonds is 3. The number of aryl methyl sites for hydroxylation is 4. The molecule has 0 atom stereocenters. The second-order valence-corrected chi connectivity index (χ2v) is 8.00. The number of anilines is 2. The number of nitrogens with one attached hydrogen (secondary N) is 1. The molecule has 8 heteroatoms. The largest absolute Gasteiger partial charge is 0.353 e. The van der Waals surface area contributed by atoms with Crippen LogP contribution >= 0.6 is 0 Å². The van der Waals surface area contributed by atoms with Gasteiger partial charge in [-0.2, -0.15) is 0 Å². The van der Waals surface area contributed by atoms with Crippen LogP contribution in [-0.4, -0.2) is 66.1 Å². The van der Waals surface area contributed by atoms with Crippen molar-refractivity contribution in [3.8, 4) is 0 Å². The van der Waals surface area contributed by atoms with Crippen LogP contribution in [0.15, 0.2) is 18.2 Å². The number of urea groups is 1. The van der Waals surface area contributed by atoms with Gasteiger partial charge >= 0.3 is 6.03 Å². The van der Waals surface area contributed by atoms with Crippen molar-refractivity contribution in [3.63, 3.8) is 0 Å². The monoisotopic (exact) mass is 408 g/mol. The van der Waals surface area contributed by atoms with E-state index >= 15 is 0 Å². The van der Waals surface area contributed by atoms with E-state index in [1.165, 1.54) is 11.1 Å². The van der Waals surface area contributed by atoms with Gasteiger partial charge in [0.05, 0.1) is 11.3 Å². The molecule has 2 aliphatic rings. The normalized spacial score (nSPS) is 16.8. The van der Waals surface area contributed by atoms with E-state index in [9.17, 15) is 9.59 Å². The lowest BCUT2D eigenvalue weighted by Crippen LogP contribution is -2.49. The van der Waals surface area contributed by atoms with Gasteiger partial charge in [-0.3, -0.25) is 9.69 Å². The molecular formula is C22H28N6O2. The molecule has 0 aliphatic carbocycles. The summed E-state index contributed by atoms with van der Waals surface area (Å²) >= 11 is 0. The van der Waals surface area contributed by atoms with Crippen molar-refractivity contribution < 1.29 is 9.59 Å². The minimum absolute atomic E-state index is 0.0122. The number of piperazine rings is 1. The molecule has 30 heavy (non-hydrogen) atoms. The van der Waals surface area contributed by atoms with Gasteiger partial charge < -0.3 is 15.1 Å². The van der Waals surface area contributed by atoms with Gasteiger partial charge in [0.15, 0.2) is 0 Å². The lowest BCUT2D eigenvalue weighted by Gasteiger charge is -2.36. The maximum absolute atomic E-state index is 13.1. The van der Waals surface area contributed by atoms with E-state index in [-0.39, 0.29) is 11.9 Å². The van der Waals surface area contributed by atoms with Crippen molar-refractivity contribution in [1.82, 2.24) is 20.2 Å². The van der Waals surface area contributed by atoms with Crippen LogP contribution in [0.25, 0.3) is 0 Å². The number of amides is 3. The Morgan fingerprint density at radius 3 is 2.30 bits per heavy atom. The first-order valence-corrected chi connectivity index (χ1v) is 10.4. The Balaban J connectivity index is 1.44. The molecule has 8 nitrogen and oxygen atoms in total. The first-order chi connectivity index (χ1) is 14.3.